The number of hydrogen-bond acceptors (Lipinski definition) is 5. The second kappa shape index (κ2) is 9.08. The zero-order chi connectivity index (χ0) is 21.8. The summed E-state index contributed by atoms with van der Waals surface area (Å²) in [5.74, 6) is 0.236. The van der Waals surface area contributed by atoms with Gasteiger partial charge in [-0.15, -0.1) is 0 Å². The Morgan fingerprint density at radius 2 is 1.97 bits per heavy atom. The van der Waals surface area contributed by atoms with Gasteiger partial charge in [0, 0.05) is 12.1 Å². The molecule has 0 aliphatic heterocycles. The lowest BCUT2D eigenvalue weighted by Crippen LogP contribution is -2.16. The van der Waals surface area contributed by atoms with Crippen molar-refractivity contribution in [1.82, 2.24) is 0 Å². The minimum Gasteiger partial charge on any atom is -0.461 e. The molecule has 0 radical (unpaired) electrons. The van der Waals surface area contributed by atoms with Crippen LogP contribution in [0.5, 0.6) is 11.5 Å². The zero-order valence-corrected chi connectivity index (χ0v) is 17.9. The normalized spacial score (nSPS) is 22.0. The fourth-order valence-corrected chi connectivity index (χ4v) is 3.90. The molecule has 0 amide bonds. The molecular weight excluding hydrogens is 397 g/mol. The van der Waals surface area contributed by atoms with Gasteiger partial charge in [0.25, 0.3) is 0 Å². The van der Waals surface area contributed by atoms with Crippen molar-refractivity contribution in [2.24, 2.45) is 28.3 Å². The molecule has 5 nitrogen and oxygen atoms in total. The van der Waals surface area contributed by atoms with E-state index in [0.29, 0.717) is 23.8 Å². The van der Waals surface area contributed by atoms with Gasteiger partial charge in [0.2, 0.25) is 0 Å². The smallest absolute Gasteiger partial charge is 0.310 e. The monoisotopic (exact) mass is 425 g/mol. The summed E-state index contributed by atoms with van der Waals surface area (Å²) in [5.41, 5.74) is 0.443. The summed E-state index contributed by atoms with van der Waals surface area (Å²) in [6.07, 6.45) is 5.42. The van der Waals surface area contributed by atoms with Crippen LogP contribution >= 0.6 is 0 Å². The predicted molar refractivity (Wildman–Crippen MR) is 115 cm³/mol. The first-order valence-corrected chi connectivity index (χ1v) is 10.8. The number of carbonyl (C=O) groups excluding carboxylic acids is 1. The van der Waals surface area contributed by atoms with Gasteiger partial charge in [-0.05, 0) is 54.0 Å². The molecule has 2 aliphatic rings. The number of rotatable bonds is 9. The van der Waals surface area contributed by atoms with E-state index in [1.165, 1.54) is 25.3 Å². The van der Waals surface area contributed by atoms with Crippen molar-refractivity contribution in [3.8, 4) is 11.5 Å². The Balaban J connectivity index is 1.30. The van der Waals surface area contributed by atoms with Gasteiger partial charge < -0.3 is 14.3 Å². The van der Waals surface area contributed by atoms with Crippen molar-refractivity contribution < 1.29 is 23.5 Å². The molecule has 0 saturated heterocycles. The number of para-hydroxylation sites is 1. The molecule has 31 heavy (non-hydrogen) atoms. The second-order valence-electron chi connectivity index (χ2n) is 8.96. The highest BCUT2D eigenvalue weighted by molar-refractivity contribution is 5.85. The van der Waals surface area contributed by atoms with Gasteiger partial charge >= 0.3 is 5.97 Å². The highest BCUT2D eigenvalue weighted by Gasteiger charge is 2.62. The minimum absolute atomic E-state index is 0.00779. The third kappa shape index (κ3) is 5.06. The fraction of sp³-hybridized carbons (Fsp3) is 0.440. The van der Waals surface area contributed by atoms with Gasteiger partial charge in [-0.25, -0.2) is 4.39 Å². The molecule has 0 N–H and O–H groups in total. The minimum atomic E-state index is -0.472. The van der Waals surface area contributed by atoms with E-state index in [2.05, 4.69) is 5.16 Å². The van der Waals surface area contributed by atoms with Gasteiger partial charge in [0.15, 0.2) is 11.6 Å². The summed E-state index contributed by atoms with van der Waals surface area (Å²) in [5, 5.41) is 4.07. The van der Waals surface area contributed by atoms with Gasteiger partial charge in [0.05, 0.1) is 5.92 Å². The largest absolute Gasteiger partial charge is 0.461 e. The molecule has 164 valence electrons. The first kappa shape index (κ1) is 21.3. The van der Waals surface area contributed by atoms with Crippen LogP contribution in [0, 0.1) is 29.0 Å². The number of benzene rings is 2. The van der Waals surface area contributed by atoms with Crippen LogP contribution < -0.4 is 4.74 Å². The first-order valence-electron chi connectivity index (χ1n) is 10.8. The Bertz CT molecular complexity index is 940. The SMILES string of the molecule is CC1(C)C(C=NOCC2CCC2)C1C(=O)OCc1ccc(F)c(Oc2ccccc2)c1. The van der Waals surface area contributed by atoms with Crippen LogP contribution in [-0.2, 0) is 21.0 Å². The zero-order valence-electron chi connectivity index (χ0n) is 17.9. The summed E-state index contributed by atoms with van der Waals surface area (Å²) in [6, 6.07) is 13.4. The molecule has 2 saturated carbocycles. The Kier molecular flexibility index (Phi) is 6.25. The maximum absolute atomic E-state index is 14.1. The van der Waals surface area contributed by atoms with Gasteiger partial charge in [0.1, 0.15) is 19.0 Å². The molecule has 2 aromatic rings. The Morgan fingerprint density at radius 3 is 2.68 bits per heavy atom. The van der Waals surface area contributed by atoms with Crippen molar-refractivity contribution in [3.63, 3.8) is 0 Å². The van der Waals surface area contributed by atoms with E-state index in [1.54, 1.807) is 30.5 Å². The van der Waals surface area contributed by atoms with Crippen molar-refractivity contribution >= 4 is 12.2 Å². The third-order valence-electron chi connectivity index (χ3n) is 6.34. The van der Waals surface area contributed by atoms with Crippen LogP contribution in [-0.4, -0.2) is 18.8 Å². The fourth-order valence-electron chi connectivity index (χ4n) is 3.90. The standard InChI is InChI=1S/C25H28FNO4/c1-25(2)20(14-27-30-16-17-7-6-8-17)23(25)24(28)29-15-18-11-12-21(26)22(13-18)31-19-9-4-3-5-10-19/h3-5,9-14,17,20,23H,6-8,15-16H2,1-2H3. The molecule has 0 spiro atoms. The number of hydrogen-bond donors (Lipinski definition) is 0. The number of carbonyl (C=O) groups is 1. The first-order chi connectivity index (χ1) is 14.9. The molecule has 2 fully saturated rings. The topological polar surface area (TPSA) is 57.1 Å². The molecule has 2 aromatic carbocycles. The second-order valence-corrected chi connectivity index (χ2v) is 8.96. The van der Waals surface area contributed by atoms with Crippen molar-refractivity contribution in [2.75, 3.05) is 6.61 Å². The average molecular weight is 426 g/mol. The molecule has 2 aliphatic carbocycles. The van der Waals surface area contributed by atoms with E-state index in [-0.39, 0.29) is 35.6 Å². The summed E-state index contributed by atoms with van der Waals surface area (Å²) in [6.45, 7) is 4.74. The molecule has 0 heterocycles. The number of halogens is 1. The van der Waals surface area contributed by atoms with Crippen molar-refractivity contribution in [1.29, 1.82) is 0 Å². The van der Waals surface area contributed by atoms with Crippen LogP contribution in [0.2, 0.25) is 0 Å². The van der Waals surface area contributed by atoms with E-state index < -0.39 is 5.82 Å². The van der Waals surface area contributed by atoms with Crippen LogP contribution in [0.3, 0.4) is 0 Å². The number of nitrogens with zero attached hydrogens (tertiary/aromatic N) is 1. The van der Waals surface area contributed by atoms with E-state index in [1.807, 2.05) is 32.0 Å². The van der Waals surface area contributed by atoms with E-state index in [9.17, 15) is 9.18 Å². The van der Waals surface area contributed by atoms with Gasteiger partial charge in [-0.1, -0.05) is 49.7 Å². The summed E-state index contributed by atoms with van der Waals surface area (Å²) < 4.78 is 25.2. The molecule has 4 rings (SSSR count). The Morgan fingerprint density at radius 1 is 1.19 bits per heavy atom. The summed E-state index contributed by atoms with van der Waals surface area (Å²) in [4.78, 5) is 18.0. The summed E-state index contributed by atoms with van der Waals surface area (Å²) >= 11 is 0. The lowest BCUT2D eigenvalue weighted by atomic mass is 9.86. The van der Waals surface area contributed by atoms with E-state index >= 15 is 0 Å². The van der Waals surface area contributed by atoms with Crippen LogP contribution in [0.25, 0.3) is 0 Å². The molecule has 6 heteroatoms. The average Bonchev–Trinajstić information content (AvgIpc) is 3.28. The molecular formula is C25H28FNO4. The van der Waals surface area contributed by atoms with Gasteiger partial charge in [-0.3, -0.25) is 4.79 Å². The molecule has 0 bridgehead atoms. The molecule has 2 unspecified atom stereocenters. The number of oxime groups is 1. The highest BCUT2D eigenvalue weighted by atomic mass is 19.1. The van der Waals surface area contributed by atoms with E-state index in [0.717, 1.165) is 0 Å². The van der Waals surface area contributed by atoms with Crippen molar-refractivity contribution in [3.05, 3.63) is 59.9 Å². The van der Waals surface area contributed by atoms with Crippen LogP contribution in [0.15, 0.2) is 53.7 Å². The molecule has 2 atom stereocenters. The number of ether oxygens (including phenoxy) is 2. The highest BCUT2D eigenvalue weighted by Crippen LogP contribution is 2.57. The number of esters is 1. The lowest BCUT2D eigenvalue weighted by molar-refractivity contribution is -0.147. The quantitative estimate of drug-likeness (QED) is 0.292. The van der Waals surface area contributed by atoms with Gasteiger partial charge in [-0.2, -0.15) is 0 Å². The Labute approximate surface area is 182 Å². The van der Waals surface area contributed by atoms with Crippen LogP contribution in [0.1, 0.15) is 38.7 Å². The Hall–Kier alpha value is -2.89. The maximum Gasteiger partial charge on any atom is 0.310 e. The van der Waals surface area contributed by atoms with Crippen LogP contribution in [0.4, 0.5) is 4.39 Å². The molecule has 0 aromatic heterocycles. The third-order valence-corrected chi connectivity index (χ3v) is 6.34. The lowest BCUT2D eigenvalue weighted by Gasteiger charge is -2.23. The maximum atomic E-state index is 14.1. The summed E-state index contributed by atoms with van der Waals surface area (Å²) in [7, 11) is 0. The predicted octanol–water partition coefficient (Wildman–Crippen LogP) is 5.74. The van der Waals surface area contributed by atoms with E-state index in [4.69, 9.17) is 14.3 Å². The van der Waals surface area contributed by atoms with Crippen molar-refractivity contribution in [2.45, 2.75) is 39.7 Å².